The standard InChI is InChI=1S/C18H18N4O5S/c23-17-12-27-16-5-4-13(11-15(16)20-17)28(25,26)22-9-7-21(8-10-22)18(24)14-3-1-2-6-19-14/h1-6,11H,7-10,12H2,(H,20,23). The third-order valence-electron chi connectivity index (χ3n) is 4.63. The summed E-state index contributed by atoms with van der Waals surface area (Å²) in [5, 5.41) is 2.61. The zero-order valence-corrected chi connectivity index (χ0v) is 15.7. The Bertz CT molecular complexity index is 1020. The molecule has 1 fully saturated rings. The maximum Gasteiger partial charge on any atom is 0.272 e. The zero-order valence-electron chi connectivity index (χ0n) is 14.9. The molecule has 0 atom stereocenters. The number of hydrogen-bond acceptors (Lipinski definition) is 6. The fourth-order valence-electron chi connectivity index (χ4n) is 3.15. The number of sulfonamides is 1. The van der Waals surface area contributed by atoms with E-state index in [0.29, 0.717) is 17.1 Å². The molecule has 0 radical (unpaired) electrons. The predicted molar refractivity (Wildman–Crippen MR) is 99.5 cm³/mol. The van der Waals surface area contributed by atoms with Crippen molar-refractivity contribution in [2.45, 2.75) is 4.90 Å². The molecule has 1 aromatic carbocycles. The van der Waals surface area contributed by atoms with Crippen LogP contribution in [-0.4, -0.2) is 67.2 Å². The number of anilines is 1. The van der Waals surface area contributed by atoms with E-state index in [9.17, 15) is 18.0 Å². The van der Waals surface area contributed by atoms with Crippen LogP contribution in [0.2, 0.25) is 0 Å². The highest BCUT2D eigenvalue weighted by molar-refractivity contribution is 7.89. The highest BCUT2D eigenvalue weighted by Gasteiger charge is 2.31. The number of benzene rings is 1. The van der Waals surface area contributed by atoms with Gasteiger partial charge >= 0.3 is 0 Å². The first-order valence-electron chi connectivity index (χ1n) is 8.72. The van der Waals surface area contributed by atoms with Gasteiger partial charge in [0.25, 0.3) is 11.8 Å². The molecule has 0 spiro atoms. The Balaban J connectivity index is 1.47. The summed E-state index contributed by atoms with van der Waals surface area (Å²) in [6, 6.07) is 9.48. The maximum absolute atomic E-state index is 13.0. The number of piperazine rings is 1. The number of nitrogens with one attached hydrogen (secondary N) is 1. The molecule has 0 unspecified atom stereocenters. The molecule has 4 rings (SSSR count). The van der Waals surface area contributed by atoms with Gasteiger partial charge in [-0.25, -0.2) is 8.42 Å². The minimum absolute atomic E-state index is 0.0709. The smallest absolute Gasteiger partial charge is 0.272 e. The molecule has 2 aliphatic heterocycles. The quantitative estimate of drug-likeness (QED) is 0.804. The van der Waals surface area contributed by atoms with Gasteiger partial charge in [0, 0.05) is 32.4 Å². The van der Waals surface area contributed by atoms with E-state index >= 15 is 0 Å². The first-order chi connectivity index (χ1) is 13.4. The van der Waals surface area contributed by atoms with Crippen LogP contribution in [0.25, 0.3) is 0 Å². The predicted octanol–water partition coefficient (Wildman–Crippen LogP) is 0.559. The number of hydrogen-bond donors (Lipinski definition) is 1. The van der Waals surface area contributed by atoms with Crippen molar-refractivity contribution in [2.24, 2.45) is 0 Å². The maximum atomic E-state index is 13.0. The van der Waals surface area contributed by atoms with E-state index in [1.54, 1.807) is 29.3 Å². The Hall–Kier alpha value is -2.98. The fourth-order valence-corrected chi connectivity index (χ4v) is 4.60. The lowest BCUT2D eigenvalue weighted by Crippen LogP contribution is -2.50. The van der Waals surface area contributed by atoms with Crippen molar-refractivity contribution in [3.63, 3.8) is 0 Å². The molecular weight excluding hydrogens is 384 g/mol. The van der Waals surface area contributed by atoms with Gasteiger partial charge in [-0.1, -0.05) is 6.07 Å². The molecule has 9 nitrogen and oxygen atoms in total. The van der Waals surface area contributed by atoms with Crippen LogP contribution in [0.3, 0.4) is 0 Å². The van der Waals surface area contributed by atoms with Gasteiger partial charge in [0.1, 0.15) is 11.4 Å². The van der Waals surface area contributed by atoms with Gasteiger partial charge in [0.2, 0.25) is 10.0 Å². The molecule has 0 aliphatic carbocycles. The summed E-state index contributed by atoms with van der Waals surface area (Å²) in [4.78, 5) is 29.6. The summed E-state index contributed by atoms with van der Waals surface area (Å²) >= 11 is 0. The molecule has 0 bridgehead atoms. The second-order valence-corrected chi connectivity index (χ2v) is 8.34. The van der Waals surface area contributed by atoms with Crippen LogP contribution in [0, 0.1) is 0 Å². The van der Waals surface area contributed by atoms with Crippen molar-refractivity contribution >= 4 is 27.5 Å². The van der Waals surface area contributed by atoms with Crippen LogP contribution in [0.1, 0.15) is 10.5 Å². The molecule has 1 N–H and O–H groups in total. The second-order valence-electron chi connectivity index (χ2n) is 6.41. The van der Waals surface area contributed by atoms with Crippen molar-refractivity contribution < 1.29 is 22.7 Å². The van der Waals surface area contributed by atoms with Gasteiger partial charge in [0.05, 0.1) is 10.6 Å². The van der Waals surface area contributed by atoms with E-state index in [4.69, 9.17) is 4.74 Å². The average molecular weight is 402 g/mol. The Kier molecular flexibility index (Phi) is 4.73. The molecule has 1 aromatic heterocycles. The number of rotatable bonds is 3. The first-order valence-corrected chi connectivity index (χ1v) is 10.2. The van der Waals surface area contributed by atoms with Crippen molar-refractivity contribution in [3.05, 3.63) is 48.3 Å². The van der Waals surface area contributed by atoms with Crippen molar-refractivity contribution in [1.82, 2.24) is 14.2 Å². The van der Waals surface area contributed by atoms with Crippen LogP contribution in [0.4, 0.5) is 5.69 Å². The zero-order chi connectivity index (χ0) is 19.7. The third-order valence-corrected chi connectivity index (χ3v) is 6.53. The van der Waals surface area contributed by atoms with Crippen LogP contribution in [-0.2, 0) is 14.8 Å². The van der Waals surface area contributed by atoms with Crippen LogP contribution in [0.15, 0.2) is 47.5 Å². The Labute approximate surface area is 162 Å². The molecule has 2 amide bonds. The number of aromatic nitrogens is 1. The summed E-state index contributed by atoms with van der Waals surface area (Å²) in [5.74, 6) is -0.112. The number of pyridine rings is 1. The third kappa shape index (κ3) is 3.43. The molecular formula is C18H18N4O5S. The number of fused-ring (bicyclic) bond motifs is 1. The topological polar surface area (TPSA) is 109 Å². The monoisotopic (exact) mass is 402 g/mol. The van der Waals surface area contributed by atoms with Gasteiger partial charge < -0.3 is 15.0 Å². The van der Waals surface area contributed by atoms with E-state index in [1.807, 2.05) is 0 Å². The lowest BCUT2D eigenvalue weighted by molar-refractivity contribution is -0.118. The SMILES string of the molecule is O=C1COc2ccc(S(=O)(=O)N3CCN(C(=O)c4ccccn4)CC3)cc2N1. The summed E-state index contributed by atoms with van der Waals surface area (Å²) in [7, 11) is -3.75. The fraction of sp³-hybridized carbons (Fsp3) is 0.278. The van der Waals surface area contributed by atoms with Gasteiger partial charge in [0.15, 0.2) is 6.61 Å². The molecule has 28 heavy (non-hydrogen) atoms. The molecule has 146 valence electrons. The van der Waals surface area contributed by atoms with Crippen LogP contribution >= 0.6 is 0 Å². The number of carbonyl (C=O) groups is 2. The van der Waals surface area contributed by atoms with E-state index in [-0.39, 0.29) is 49.5 Å². The van der Waals surface area contributed by atoms with Gasteiger partial charge in [-0.2, -0.15) is 4.31 Å². The highest BCUT2D eigenvalue weighted by Crippen LogP contribution is 2.31. The second kappa shape index (κ2) is 7.21. The lowest BCUT2D eigenvalue weighted by atomic mass is 10.2. The number of ether oxygens (including phenoxy) is 1. The minimum atomic E-state index is -3.75. The van der Waals surface area contributed by atoms with Crippen molar-refractivity contribution in [3.8, 4) is 5.75 Å². The number of nitrogens with zero attached hydrogens (tertiary/aromatic N) is 3. The summed E-state index contributed by atoms with van der Waals surface area (Å²) in [6.45, 7) is 0.825. The average Bonchev–Trinajstić information content (AvgIpc) is 2.73. The lowest BCUT2D eigenvalue weighted by Gasteiger charge is -2.34. The normalized spacial score (nSPS) is 17.4. The molecule has 3 heterocycles. The molecule has 1 saturated heterocycles. The Morgan fingerprint density at radius 1 is 1.11 bits per heavy atom. The summed E-state index contributed by atoms with van der Waals surface area (Å²) in [6.07, 6.45) is 1.55. The van der Waals surface area contributed by atoms with Gasteiger partial charge in [-0.15, -0.1) is 0 Å². The number of amides is 2. The van der Waals surface area contributed by atoms with Crippen LogP contribution < -0.4 is 10.1 Å². The van der Waals surface area contributed by atoms with Crippen molar-refractivity contribution in [2.75, 3.05) is 38.1 Å². The largest absolute Gasteiger partial charge is 0.482 e. The first kappa shape index (κ1) is 18.4. The van der Waals surface area contributed by atoms with Gasteiger partial charge in [-0.05, 0) is 30.3 Å². The van der Waals surface area contributed by atoms with Crippen LogP contribution in [0.5, 0.6) is 5.75 Å². The molecule has 0 saturated carbocycles. The minimum Gasteiger partial charge on any atom is -0.482 e. The van der Waals surface area contributed by atoms with E-state index in [2.05, 4.69) is 10.3 Å². The molecule has 2 aliphatic rings. The summed E-state index contributed by atoms with van der Waals surface area (Å²) < 4.78 is 32.5. The summed E-state index contributed by atoms with van der Waals surface area (Å²) in [5.41, 5.74) is 0.672. The van der Waals surface area contributed by atoms with E-state index < -0.39 is 10.0 Å². The Morgan fingerprint density at radius 2 is 1.89 bits per heavy atom. The van der Waals surface area contributed by atoms with E-state index in [1.165, 1.54) is 22.5 Å². The molecule has 10 heteroatoms. The Morgan fingerprint density at radius 3 is 2.61 bits per heavy atom. The van der Waals surface area contributed by atoms with Crippen molar-refractivity contribution in [1.29, 1.82) is 0 Å². The van der Waals surface area contributed by atoms with Gasteiger partial charge in [-0.3, -0.25) is 14.6 Å². The number of carbonyl (C=O) groups excluding carboxylic acids is 2. The molecule has 2 aromatic rings. The highest BCUT2D eigenvalue weighted by atomic mass is 32.2. The van der Waals surface area contributed by atoms with E-state index in [0.717, 1.165) is 0 Å².